The Bertz CT molecular complexity index is 401. The van der Waals surface area contributed by atoms with Crippen LogP contribution in [0, 0.1) is 0 Å². The molecule has 0 aromatic heterocycles. The van der Waals surface area contributed by atoms with Crippen LogP contribution in [0.15, 0.2) is 24.3 Å². The normalized spacial score (nSPS) is 10.5. The Balaban J connectivity index is 1.99. The standard InChI is InChI=1S/C18H28O3/c1-2-3-4-5-6-7-8-9-12-15-21-18(20)16-13-10-11-14-17(16)19/h10-11,13-14,19H,2-9,12,15H2,1H3. The summed E-state index contributed by atoms with van der Waals surface area (Å²) in [4.78, 5) is 11.7. The van der Waals surface area contributed by atoms with Crippen LogP contribution < -0.4 is 0 Å². The topological polar surface area (TPSA) is 46.5 Å². The van der Waals surface area contributed by atoms with Crippen LogP contribution in [-0.4, -0.2) is 17.7 Å². The van der Waals surface area contributed by atoms with E-state index >= 15 is 0 Å². The van der Waals surface area contributed by atoms with Gasteiger partial charge in [0.25, 0.3) is 0 Å². The molecule has 1 rings (SSSR count). The number of carbonyl (C=O) groups is 1. The van der Waals surface area contributed by atoms with Crippen molar-refractivity contribution >= 4 is 5.97 Å². The maximum Gasteiger partial charge on any atom is 0.341 e. The predicted octanol–water partition coefficient (Wildman–Crippen LogP) is 5.08. The fourth-order valence-electron chi connectivity index (χ4n) is 2.30. The van der Waals surface area contributed by atoms with E-state index in [0.29, 0.717) is 6.61 Å². The summed E-state index contributed by atoms with van der Waals surface area (Å²) < 4.78 is 5.17. The molecular formula is C18H28O3. The molecule has 1 aromatic rings. The number of unbranched alkanes of at least 4 members (excludes halogenated alkanes) is 8. The van der Waals surface area contributed by atoms with Crippen LogP contribution in [0.5, 0.6) is 5.75 Å². The van der Waals surface area contributed by atoms with Gasteiger partial charge in [-0.2, -0.15) is 0 Å². The van der Waals surface area contributed by atoms with Gasteiger partial charge < -0.3 is 9.84 Å². The number of carbonyl (C=O) groups excluding carboxylic acids is 1. The molecule has 0 aliphatic rings. The van der Waals surface area contributed by atoms with Crippen molar-refractivity contribution < 1.29 is 14.6 Å². The van der Waals surface area contributed by atoms with Crippen molar-refractivity contribution in [2.45, 2.75) is 64.7 Å². The molecule has 0 saturated carbocycles. The van der Waals surface area contributed by atoms with Gasteiger partial charge in [-0.05, 0) is 18.6 Å². The van der Waals surface area contributed by atoms with Crippen LogP contribution in [0.4, 0.5) is 0 Å². The maximum atomic E-state index is 11.7. The summed E-state index contributed by atoms with van der Waals surface area (Å²) in [5.74, 6) is -0.456. The molecule has 0 fully saturated rings. The van der Waals surface area contributed by atoms with Crippen LogP contribution in [0.3, 0.4) is 0 Å². The summed E-state index contributed by atoms with van der Waals surface area (Å²) in [7, 11) is 0. The number of hydrogen-bond acceptors (Lipinski definition) is 3. The molecule has 0 saturated heterocycles. The van der Waals surface area contributed by atoms with Crippen molar-refractivity contribution in [3.05, 3.63) is 29.8 Å². The molecule has 0 atom stereocenters. The van der Waals surface area contributed by atoms with Crippen LogP contribution in [-0.2, 0) is 4.74 Å². The smallest absolute Gasteiger partial charge is 0.341 e. The van der Waals surface area contributed by atoms with E-state index in [4.69, 9.17) is 4.74 Å². The van der Waals surface area contributed by atoms with E-state index in [9.17, 15) is 9.90 Å². The Morgan fingerprint density at radius 1 is 0.952 bits per heavy atom. The molecule has 0 aliphatic carbocycles. The number of rotatable bonds is 11. The van der Waals surface area contributed by atoms with Gasteiger partial charge in [0.1, 0.15) is 11.3 Å². The summed E-state index contributed by atoms with van der Waals surface area (Å²) in [6, 6.07) is 6.48. The molecule has 0 amide bonds. The van der Waals surface area contributed by atoms with Gasteiger partial charge in [0, 0.05) is 0 Å². The molecule has 0 unspecified atom stereocenters. The Kier molecular flexibility index (Phi) is 9.34. The highest BCUT2D eigenvalue weighted by Gasteiger charge is 2.10. The molecule has 3 nitrogen and oxygen atoms in total. The van der Waals surface area contributed by atoms with Crippen molar-refractivity contribution in [1.29, 1.82) is 0 Å². The lowest BCUT2D eigenvalue weighted by atomic mass is 10.1. The molecule has 1 aromatic carbocycles. The van der Waals surface area contributed by atoms with Gasteiger partial charge in [-0.25, -0.2) is 4.79 Å². The van der Waals surface area contributed by atoms with Gasteiger partial charge in [-0.1, -0.05) is 70.4 Å². The van der Waals surface area contributed by atoms with Crippen molar-refractivity contribution in [3.63, 3.8) is 0 Å². The van der Waals surface area contributed by atoms with Gasteiger partial charge in [-0.3, -0.25) is 0 Å². The summed E-state index contributed by atoms with van der Waals surface area (Å²) in [6.45, 7) is 2.67. The van der Waals surface area contributed by atoms with Crippen molar-refractivity contribution in [1.82, 2.24) is 0 Å². The largest absolute Gasteiger partial charge is 0.507 e. The molecule has 1 N–H and O–H groups in total. The fraction of sp³-hybridized carbons (Fsp3) is 0.611. The van der Waals surface area contributed by atoms with Gasteiger partial charge in [0.05, 0.1) is 6.61 Å². The highest BCUT2D eigenvalue weighted by Crippen LogP contribution is 2.16. The Morgan fingerprint density at radius 3 is 2.14 bits per heavy atom. The minimum absolute atomic E-state index is 0.0189. The number of ether oxygens (including phenoxy) is 1. The third-order valence-corrected chi connectivity index (χ3v) is 3.61. The van der Waals surface area contributed by atoms with Gasteiger partial charge in [0.15, 0.2) is 0 Å². The minimum Gasteiger partial charge on any atom is -0.507 e. The lowest BCUT2D eigenvalue weighted by Crippen LogP contribution is -2.06. The molecule has 0 aliphatic heterocycles. The second-order valence-corrected chi connectivity index (χ2v) is 5.48. The lowest BCUT2D eigenvalue weighted by molar-refractivity contribution is 0.0494. The zero-order valence-electron chi connectivity index (χ0n) is 13.1. The lowest BCUT2D eigenvalue weighted by Gasteiger charge is -2.06. The quantitative estimate of drug-likeness (QED) is 0.457. The number of phenolic OH excluding ortho intramolecular Hbond substituents is 1. The SMILES string of the molecule is CCCCCCCCCCCOC(=O)c1ccccc1O. The molecular weight excluding hydrogens is 264 g/mol. The Hall–Kier alpha value is -1.51. The number of esters is 1. The molecule has 0 spiro atoms. The summed E-state index contributed by atoms with van der Waals surface area (Å²) >= 11 is 0. The maximum absolute atomic E-state index is 11.7. The number of benzene rings is 1. The van der Waals surface area contributed by atoms with Crippen LogP contribution in [0.2, 0.25) is 0 Å². The van der Waals surface area contributed by atoms with Crippen molar-refractivity contribution in [2.24, 2.45) is 0 Å². The van der Waals surface area contributed by atoms with Gasteiger partial charge in [0.2, 0.25) is 0 Å². The second-order valence-electron chi connectivity index (χ2n) is 5.48. The zero-order chi connectivity index (χ0) is 15.3. The molecule has 0 radical (unpaired) electrons. The average molecular weight is 292 g/mol. The fourth-order valence-corrected chi connectivity index (χ4v) is 2.30. The number of para-hydroxylation sites is 1. The highest BCUT2D eigenvalue weighted by atomic mass is 16.5. The first-order valence-corrected chi connectivity index (χ1v) is 8.20. The first-order chi connectivity index (χ1) is 10.3. The molecule has 3 heteroatoms. The Labute approximate surface area is 128 Å². The number of aromatic hydroxyl groups is 1. The molecule has 0 bridgehead atoms. The monoisotopic (exact) mass is 292 g/mol. The van der Waals surface area contributed by atoms with E-state index < -0.39 is 5.97 Å². The van der Waals surface area contributed by atoms with Crippen LogP contribution in [0.25, 0.3) is 0 Å². The van der Waals surface area contributed by atoms with E-state index in [1.165, 1.54) is 51.0 Å². The third-order valence-electron chi connectivity index (χ3n) is 3.61. The molecule has 118 valence electrons. The Morgan fingerprint density at radius 2 is 1.52 bits per heavy atom. The van der Waals surface area contributed by atoms with Gasteiger partial charge in [-0.15, -0.1) is 0 Å². The zero-order valence-corrected chi connectivity index (χ0v) is 13.1. The summed E-state index contributed by atoms with van der Waals surface area (Å²) in [6.07, 6.45) is 11.1. The average Bonchev–Trinajstić information content (AvgIpc) is 2.49. The van der Waals surface area contributed by atoms with Crippen LogP contribution in [0.1, 0.15) is 75.1 Å². The van der Waals surface area contributed by atoms with Gasteiger partial charge >= 0.3 is 5.97 Å². The summed E-state index contributed by atoms with van der Waals surface area (Å²) in [5, 5.41) is 9.54. The molecule has 0 heterocycles. The first kappa shape index (κ1) is 17.5. The van der Waals surface area contributed by atoms with E-state index in [1.54, 1.807) is 18.2 Å². The van der Waals surface area contributed by atoms with Crippen molar-refractivity contribution in [3.8, 4) is 5.75 Å². The highest BCUT2D eigenvalue weighted by molar-refractivity contribution is 5.92. The van der Waals surface area contributed by atoms with E-state index in [-0.39, 0.29) is 11.3 Å². The molecule has 21 heavy (non-hydrogen) atoms. The minimum atomic E-state index is -0.437. The van der Waals surface area contributed by atoms with Crippen molar-refractivity contribution in [2.75, 3.05) is 6.61 Å². The predicted molar refractivity (Wildman–Crippen MR) is 85.6 cm³/mol. The number of phenols is 1. The summed E-state index contributed by atoms with van der Waals surface area (Å²) in [5.41, 5.74) is 0.244. The van der Waals surface area contributed by atoms with E-state index in [1.807, 2.05) is 0 Å². The first-order valence-electron chi connectivity index (χ1n) is 8.20. The van der Waals surface area contributed by atoms with E-state index in [2.05, 4.69) is 6.92 Å². The van der Waals surface area contributed by atoms with Crippen LogP contribution >= 0.6 is 0 Å². The third kappa shape index (κ3) is 7.74. The number of hydrogen-bond donors (Lipinski definition) is 1. The van der Waals surface area contributed by atoms with E-state index in [0.717, 1.165) is 12.8 Å². The second kappa shape index (κ2) is 11.2.